The molecule has 2 aliphatic rings. The van der Waals surface area contributed by atoms with Gasteiger partial charge in [0.15, 0.2) is 5.60 Å². The van der Waals surface area contributed by atoms with E-state index in [1.54, 1.807) is 0 Å². The maximum Gasteiger partial charge on any atom is 0.338 e. The molecule has 130 valence electrons. The highest BCUT2D eigenvalue weighted by atomic mass is 16.6. The number of fused-ring (bicyclic) bond motifs is 1. The number of aliphatic hydroxyl groups is 4. The molecule has 1 fully saturated rings. The van der Waals surface area contributed by atoms with Crippen molar-refractivity contribution in [3.8, 4) is 0 Å². The van der Waals surface area contributed by atoms with E-state index in [0.29, 0.717) is 0 Å². The molecule has 7 N–H and O–H groups in total. The van der Waals surface area contributed by atoms with Crippen LogP contribution in [0.25, 0.3) is 0 Å². The molecule has 2 rings (SSSR count). The number of nitrogens with one attached hydrogen (secondary N) is 1. The lowest BCUT2D eigenvalue weighted by Gasteiger charge is -2.49. The normalized spacial score (nSPS) is 38.6. The molecule has 9 nitrogen and oxygen atoms in total. The van der Waals surface area contributed by atoms with Gasteiger partial charge in [-0.25, -0.2) is 4.79 Å². The minimum Gasteiger partial charge on any atom is -0.512 e. The predicted molar refractivity (Wildman–Crippen MR) is 76.9 cm³/mol. The number of nitrogens with two attached hydrogens (primary N) is 1. The third-order valence-corrected chi connectivity index (χ3v) is 4.40. The number of hydrogen-bond acceptors (Lipinski definition) is 8. The fourth-order valence-corrected chi connectivity index (χ4v) is 3.02. The molecule has 1 aliphatic carbocycles. The first kappa shape index (κ1) is 17.7. The van der Waals surface area contributed by atoms with Gasteiger partial charge >= 0.3 is 5.97 Å². The summed E-state index contributed by atoms with van der Waals surface area (Å²) in [5.74, 6) is -3.02. The summed E-state index contributed by atoms with van der Waals surface area (Å²) in [7, 11) is 0. The second-order valence-electron chi connectivity index (χ2n) is 6.28. The first-order valence-corrected chi connectivity index (χ1v) is 7.30. The standard InChI is InChI=1S/C14H22N2O7/c1-5(15)12(21)16-11-9-8(6(18)3-7(19)10(9)20)13(22)23-14(11,2)4-17/h5,7,9-11,17-20H,3-4,15H2,1-2H3,(H,16,21)/t5?,7-,9+,10+,11-,14-/m1/s1. The smallest absolute Gasteiger partial charge is 0.338 e. The molecule has 0 radical (unpaired) electrons. The van der Waals surface area contributed by atoms with E-state index in [4.69, 9.17) is 10.5 Å². The fraction of sp³-hybridized carbons (Fsp3) is 0.714. The second-order valence-corrected chi connectivity index (χ2v) is 6.28. The average Bonchev–Trinajstić information content (AvgIpc) is 2.46. The summed E-state index contributed by atoms with van der Waals surface area (Å²) in [6.45, 7) is 2.20. The largest absolute Gasteiger partial charge is 0.512 e. The van der Waals surface area contributed by atoms with Gasteiger partial charge < -0.3 is 36.2 Å². The van der Waals surface area contributed by atoms with Crippen molar-refractivity contribution in [2.24, 2.45) is 11.7 Å². The van der Waals surface area contributed by atoms with Gasteiger partial charge in [-0.3, -0.25) is 4.79 Å². The van der Waals surface area contributed by atoms with Crippen LogP contribution in [0.1, 0.15) is 20.3 Å². The number of ether oxygens (including phenoxy) is 1. The molecule has 0 spiro atoms. The van der Waals surface area contributed by atoms with Gasteiger partial charge in [0.25, 0.3) is 0 Å². The van der Waals surface area contributed by atoms with Crippen molar-refractivity contribution in [1.82, 2.24) is 5.32 Å². The zero-order valence-electron chi connectivity index (χ0n) is 12.9. The van der Waals surface area contributed by atoms with Crippen molar-refractivity contribution in [2.75, 3.05) is 6.61 Å². The van der Waals surface area contributed by atoms with E-state index in [1.807, 2.05) is 0 Å². The molecule has 1 heterocycles. The van der Waals surface area contributed by atoms with E-state index in [9.17, 15) is 30.0 Å². The van der Waals surface area contributed by atoms with Crippen molar-refractivity contribution in [1.29, 1.82) is 0 Å². The molecule has 0 bridgehead atoms. The average molecular weight is 330 g/mol. The Bertz CT molecular complexity index is 547. The molecule has 1 unspecified atom stereocenters. The number of aliphatic hydroxyl groups excluding tert-OH is 4. The summed E-state index contributed by atoms with van der Waals surface area (Å²) in [5, 5.41) is 42.3. The lowest BCUT2D eigenvalue weighted by atomic mass is 9.70. The SMILES string of the molecule is CC(N)C(=O)N[C@@H]1[C@H]2C(=C(O)C[C@@H](O)[C@@H]2O)C(=O)O[C@]1(C)CO. The Hall–Kier alpha value is -1.68. The Kier molecular flexibility index (Phi) is 4.67. The summed E-state index contributed by atoms with van der Waals surface area (Å²) in [4.78, 5) is 24.1. The Balaban J connectivity index is 2.50. The topological polar surface area (TPSA) is 162 Å². The molecule has 6 atom stereocenters. The van der Waals surface area contributed by atoms with Gasteiger partial charge in [0, 0.05) is 12.3 Å². The lowest BCUT2D eigenvalue weighted by Crippen LogP contribution is -2.68. The predicted octanol–water partition coefficient (Wildman–Crippen LogP) is -2.32. The van der Waals surface area contributed by atoms with Crippen molar-refractivity contribution >= 4 is 11.9 Å². The van der Waals surface area contributed by atoms with Crippen LogP contribution in [-0.4, -0.2) is 68.8 Å². The Morgan fingerprint density at radius 3 is 2.65 bits per heavy atom. The second kappa shape index (κ2) is 6.08. The summed E-state index contributed by atoms with van der Waals surface area (Å²) in [6, 6.07) is -1.94. The van der Waals surface area contributed by atoms with Crippen molar-refractivity contribution in [3.63, 3.8) is 0 Å². The third-order valence-electron chi connectivity index (χ3n) is 4.40. The number of hydrogen-bond donors (Lipinski definition) is 6. The van der Waals surface area contributed by atoms with Crippen LogP contribution in [0, 0.1) is 5.92 Å². The monoisotopic (exact) mass is 330 g/mol. The zero-order chi connectivity index (χ0) is 17.5. The number of esters is 1. The van der Waals surface area contributed by atoms with Gasteiger partial charge in [-0.15, -0.1) is 0 Å². The molecule has 0 aromatic carbocycles. The molecular formula is C14H22N2O7. The zero-order valence-corrected chi connectivity index (χ0v) is 12.9. The molecule has 1 aliphatic heterocycles. The van der Waals surface area contributed by atoms with Crippen LogP contribution in [0.15, 0.2) is 11.3 Å². The van der Waals surface area contributed by atoms with Crippen molar-refractivity contribution in [3.05, 3.63) is 11.3 Å². The van der Waals surface area contributed by atoms with Crippen molar-refractivity contribution in [2.45, 2.75) is 50.2 Å². The molecule has 1 amide bonds. The van der Waals surface area contributed by atoms with Crippen LogP contribution in [0.2, 0.25) is 0 Å². The van der Waals surface area contributed by atoms with Crippen molar-refractivity contribution < 1.29 is 34.8 Å². The van der Waals surface area contributed by atoms with E-state index in [1.165, 1.54) is 13.8 Å². The minimum absolute atomic E-state index is 0.205. The van der Waals surface area contributed by atoms with Gasteiger partial charge in [0.05, 0.1) is 36.5 Å². The first-order chi connectivity index (χ1) is 10.6. The Morgan fingerprint density at radius 1 is 1.52 bits per heavy atom. The molecule has 0 aromatic heterocycles. The number of carbonyl (C=O) groups is 2. The van der Waals surface area contributed by atoms with Crippen LogP contribution in [0.4, 0.5) is 0 Å². The van der Waals surface area contributed by atoms with E-state index in [0.717, 1.165) is 0 Å². The van der Waals surface area contributed by atoms with Gasteiger partial charge in [0.1, 0.15) is 5.76 Å². The minimum atomic E-state index is -1.53. The highest BCUT2D eigenvalue weighted by Gasteiger charge is 2.56. The third kappa shape index (κ3) is 2.92. The highest BCUT2D eigenvalue weighted by molar-refractivity contribution is 5.92. The van der Waals surface area contributed by atoms with E-state index in [-0.39, 0.29) is 12.0 Å². The van der Waals surface area contributed by atoms with Gasteiger partial charge in [-0.1, -0.05) is 0 Å². The Morgan fingerprint density at radius 2 is 2.13 bits per heavy atom. The van der Waals surface area contributed by atoms with Crippen LogP contribution < -0.4 is 11.1 Å². The maximum atomic E-state index is 12.1. The lowest BCUT2D eigenvalue weighted by molar-refractivity contribution is -0.181. The summed E-state index contributed by atoms with van der Waals surface area (Å²) in [6.07, 6.45) is -3.03. The highest BCUT2D eigenvalue weighted by Crippen LogP contribution is 2.41. The molecule has 0 aromatic rings. The van der Waals surface area contributed by atoms with Gasteiger partial charge in [-0.05, 0) is 13.8 Å². The number of carbonyl (C=O) groups excluding carboxylic acids is 2. The van der Waals surface area contributed by atoms with Crippen LogP contribution in [0.5, 0.6) is 0 Å². The van der Waals surface area contributed by atoms with Crippen LogP contribution in [-0.2, 0) is 14.3 Å². The van der Waals surface area contributed by atoms with Gasteiger partial charge in [0.2, 0.25) is 5.91 Å². The molecule has 1 saturated heterocycles. The molecule has 23 heavy (non-hydrogen) atoms. The number of amides is 1. The molecular weight excluding hydrogens is 308 g/mol. The van der Waals surface area contributed by atoms with Crippen LogP contribution >= 0.6 is 0 Å². The summed E-state index contributed by atoms with van der Waals surface area (Å²) >= 11 is 0. The molecule has 0 saturated carbocycles. The quantitative estimate of drug-likeness (QED) is 0.314. The maximum absolute atomic E-state index is 12.1. The first-order valence-electron chi connectivity index (χ1n) is 7.30. The summed E-state index contributed by atoms with van der Waals surface area (Å²) < 4.78 is 5.18. The number of rotatable bonds is 3. The van der Waals surface area contributed by atoms with E-state index < -0.39 is 60.1 Å². The molecule has 9 heteroatoms. The Labute approximate surface area is 132 Å². The van der Waals surface area contributed by atoms with E-state index in [2.05, 4.69) is 5.32 Å². The van der Waals surface area contributed by atoms with Crippen LogP contribution in [0.3, 0.4) is 0 Å². The summed E-state index contributed by atoms with van der Waals surface area (Å²) in [5.41, 5.74) is 3.77. The number of cyclic esters (lactones) is 1. The van der Waals surface area contributed by atoms with E-state index >= 15 is 0 Å². The fourth-order valence-electron chi connectivity index (χ4n) is 3.02. The van der Waals surface area contributed by atoms with Gasteiger partial charge in [-0.2, -0.15) is 0 Å².